The summed E-state index contributed by atoms with van der Waals surface area (Å²) in [4.78, 5) is 12.8. The van der Waals surface area contributed by atoms with Crippen molar-refractivity contribution in [1.82, 2.24) is 19.2 Å². The molecule has 2 N–H and O–H groups in total. The van der Waals surface area contributed by atoms with Crippen molar-refractivity contribution in [1.29, 1.82) is 0 Å². The van der Waals surface area contributed by atoms with Crippen LogP contribution in [-0.4, -0.2) is 32.4 Å². The predicted octanol–water partition coefficient (Wildman–Crippen LogP) is 2.87. The van der Waals surface area contributed by atoms with E-state index >= 15 is 0 Å². The summed E-state index contributed by atoms with van der Waals surface area (Å²) in [5, 5.41) is 7.33. The molecule has 152 valence electrons. The monoisotopic (exact) mass is 419 g/mol. The Labute approximate surface area is 156 Å². The van der Waals surface area contributed by atoms with E-state index in [-0.39, 0.29) is 29.9 Å². The standard InChI is InChI=1S/C15H17F3N5O4P/c1-3-26-28(25,27-4-2)8-23-11-5-9(15(16,17)18)10(19)6-12(11)22-7-20-21-13(22)14(23)24/h5-7H,3-4,8,19H2,1-2H3. The van der Waals surface area contributed by atoms with Gasteiger partial charge in [0.1, 0.15) is 12.6 Å². The second kappa shape index (κ2) is 7.19. The van der Waals surface area contributed by atoms with Crippen LogP contribution >= 0.6 is 7.60 Å². The molecule has 0 amide bonds. The molecule has 2 aromatic heterocycles. The zero-order valence-corrected chi connectivity index (χ0v) is 15.8. The largest absolute Gasteiger partial charge is 0.418 e. The molecule has 28 heavy (non-hydrogen) atoms. The summed E-state index contributed by atoms with van der Waals surface area (Å²) in [6.45, 7) is 3.21. The Bertz CT molecular complexity index is 1130. The van der Waals surface area contributed by atoms with Crippen molar-refractivity contribution < 1.29 is 26.8 Å². The lowest BCUT2D eigenvalue weighted by molar-refractivity contribution is -0.136. The lowest BCUT2D eigenvalue weighted by Crippen LogP contribution is -2.25. The number of benzene rings is 1. The molecule has 0 aliphatic heterocycles. The molecule has 9 nitrogen and oxygen atoms in total. The van der Waals surface area contributed by atoms with Crippen LogP contribution in [0.4, 0.5) is 18.9 Å². The van der Waals surface area contributed by atoms with Crippen molar-refractivity contribution in [2.75, 3.05) is 18.9 Å². The molecule has 0 aliphatic carbocycles. The summed E-state index contributed by atoms with van der Waals surface area (Å²) in [5.41, 5.74) is 2.96. The lowest BCUT2D eigenvalue weighted by atomic mass is 10.1. The van der Waals surface area contributed by atoms with E-state index in [2.05, 4.69) is 10.2 Å². The van der Waals surface area contributed by atoms with Crippen molar-refractivity contribution in [2.24, 2.45) is 0 Å². The van der Waals surface area contributed by atoms with Gasteiger partial charge in [-0.2, -0.15) is 13.2 Å². The number of rotatable bonds is 6. The lowest BCUT2D eigenvalue weighted by Gasteiger charge is -2.20. The maximum atomic E-state index is 13.3. The molecule has 3 rings (SSSR count). The van der Waals surface area contributed by atoms with Crippen molar-refractivity contribution in [2.45, 2.75) is 26.3 Å². The van der Waals surface area contributed by atoms with E-state index < -0.39 is 36.9 Å². The molecule has 0 atom stereocenters. The summed E-state index contributed by atoms with van der Waals surface area (Å²) < 4.78 is 65.4. The number of hydrogen-bond acceptors (Lipinski definition) is 7. The minimum Gasteiger partial charge on any atom is -0.398 e. The van der Waals surface area contributed by atoms with Crippen molar-refractivity contribution in [3.05, 3.63) is 34.4 Å². The minimum absolute atomic E-state index is 0.0257. The summed E-state index contributed by atoms with van der Waals surface area (Å²) in [6, 6.07) is 1.80. The Morgan fingerprint density at radius 1 is 1.18 bits per heavy atom. The van der Waals surface area contributed by atoms with Gasteiger partial charge in [-0.15, -0.1) is 10.2 Å². The number of fused-ring (bicyclic) bond motifs is 3. The van der Waals surface area contributed by atoms with E-state index in [1.165, 1.54) is 10.7 Å². The van der Waals surface area contributed by atoms with Crippen LogP contribution in [0.2, 0.25) is 0 Å². The van der Waals surface area contributed by atoms with Crippen LogP contribution in [-0.2, 0) is 26.1 Å². The van der Waals surface area contributed by atoms with Crippen LogP contribution in [0.15, 0.2) is 23.3 Å². The Kier molecular flexibility index (Phi) is 5.22. The summed E-state index contributed by atoms with van der Waals surface area (Å²) in [5.74, 6) is 0. The van der Waals surface area contributed by atoms with Crippen molar-refractivity contribution in [3.63, 3.8) is 0 Å². The first-order chi connectivity index (χ1) is 13.1. The number of aromatic nitrogens is 4. The van der Waals surface area contributed by atoms with Crippen LogP contribution in [0.25, 0.3) is 16.7 Å². The molecule has 0 saturated carbocycles. The zero-order chi connectivity index (χ0) is 20.7. The third-order valence-electron chi connectivity index (χ3n) is 3.95. The third kappa shape index (κ3) is 3.50. The fourth-order valence-electron chi connectivity index (χ4n) is 2.86. The maximum absolute atomic E-state index is 13.3. The van der Waals surface area contributed by atoms with Gasteiger partial charge in [0, 0.05) is 5.69 Å². The number of halogens is 3. The highest BCUT2D eigenvalue weighted by Crippen LogP contribution is 2.50. The molecular formula is C15H17F3N5O4P. The SMILES string of the molecule is CCOP(=O)(Cn1c(=O)c2nncn2c2cc(N)c(C(F)(F)F)cc21)OCC. The molecule has 0 aliphatic rings. The second-order valence-corrected chi connectivity index (χ2v) is 7.79. The Morgan fingerprint density at radius 2 is 1.82 bits per heavy atom. The van der Waals surface area contributed by atoms with Crippen molar-refractivity contribution >= 4 is 30.0 Å². The Balaban J connectivity index is 2.37. The minimum atomic E-state index is -4.75. The van der Waals surface area contributed by atoms with Gasteiger partial charge < -0.3 is 14.8 Å². The van der Waals surface area contributed by atoms with E-state index in [0.717, 1.165) is 16.7 Å². The van der Waals surface area contributed by atoms with Gasteiger partial charge in [-0.25, -0.2) is 0 Å². The molecule has 0 spiro atoms. The maximum Gasteiger partial charge on any atom is 0.418 e. The smallest absolute Gasteiger partial charge is 0.398 e. The number of alkyl halides is 3. The number of nitrogens with zero attached hydrogens (tertiary/aromatic N) is 4. The molecule has 0 unspecified atom stereocenters. The molecule has 0 fully saturated rings. The van der Waals surface area contributed by atoms with Gasteiger partial charge in [0.25, 0.3) is 5.56 Å². The fraction of sp³-hybridized carbons (Fsp3) is 0.400. The van der Waals surface area contributed by atoms with Crippen LogP contribution in [0.1, 0.15) is 19.4 Å². The zero-order valence-electron chi connectivity index (χ0n) is 14.9. The van der Waals surface area contributed by atoms with E-state index in [9.17, 15) is 22.5 Å². The number of hydrogen-bond donors (Lipinski definition) is 1. The van der Waals surface area contributed by atoms with Gasteiger partial charge in [0.2, 0.25) is 5.65 Å². The molecule has 1 aromatic carbocycles. The molecule has 3 aromatic rings. The van der Waals surface area contributed by atoms with Gasteiger partial charge in [0.15, 0.2) is 0 Å². The fourth-order valence-corrected chi connectivity index (χ4v) is 4.51. The third-order valence-corrected chi connectivity index (χ3v) is 5.89. The quantitative estimate of drug-likeness (QED) is 0.483. The highest BCUT2D eigenvalue weighted by Gasteiger charge is 2.35. The Morgan fingerprint density at radius 3 is 2.39 bits per heavy atom. The molecule has 0 radical (unpaired) electrons. The molecule has 13 heteroatoms. The van der Waals surface area contributed by atoms with E-state index in [0.29, 0.717) is 0 Å². The molecule has 2 heterocycles. The van der Waals surface area contributed by atoms with E-state index in [4.69, 9.17) is 14.8 Å². The van der Waals surface area contributed by atoms with Crippen LogP contribution in [0.5, 0.6) is 0 Å². The van der Waals surface area contributed by atoms with Gasteiger partial charge in [0.05, 0.1) is 29.8 Å². The number of nitrogens with two attached hydrogens (primary N) is 1. The first-order valence-electron chi connectivity index (χ1n) is 8.22. The molecule has 0 bridgehead atoms. The first kappa shape index (κ1) is 20.3. The van der Waals surface area contributed by atoms with Crippen LogP contribution < -0.4 is 11.3 Å². The highest BCUT2D eigenvalue weighted by molar-refractivity contribution is 7.52. The predicted molar refractivity (Wildman–Crippen MR) is 95.0 cm³/mol. The van der Waals surface area contributed by atoms with Gasteiger partial charge in [-0.05, 0) is 26.0 Å². The van der Waals surface area contributed by atoms with Crippen LogP contribution in [0.3, 0.4) is 0 Å². The van der Waals surface area contributed by atoms with Gasteiger partial charge >= 0.3 is 13.8 Å². The molecule has 0 saturated heterocycles. The summed E-state index contributed by atoms with van der Waals surface area (Å²) in [7, 11) is -3.81. The summed E-state index contributed by atoms with van der Waals surface area (Å²) >= 11 is 0. The van der Waals surface area contributed by atoms with Crippen molar-refractivity contribution in [3.8, 4) is 0 Å². The second-order valence-electron chi connectivity index (χ2n) is 5.77. The van der Waals surface area contributed by atoms with E-state index in [1.807, 2.05) is 0 Å². The van der Waals surface area contributed by atoms with E-state index in [1.54, 1.807) is 13.8 Å². The highest BCUT2D eigenvalue weighted by atomic mass is 31.2. The summed E-state index contributed by atoms with van der Waals surface area (Å²) in [6.07, 6.45) is -4.15. The first-order valence-corrected chi connectivity index (χ1v) is 9.95. The number of anilines is 1. The molecular weight excluding hydrogens is 402 g/mol. The topological polar surface area (TPSA) is 114 Å². The Hall–Kier alpha value is -2.43. The van der Waals surface area contributed by atoms with Gasteiger partial charge in [-0.1, -0.05) is 0 Å². The number of nitrogen functional groups attached to an aromatic ring is 1. The normalized spacial score (nSPS) is 12.9. The van der Waals surface area contributed by atoms with Gasteiger partial charge in [-0.3, -0.25) is 18.3 Å². The average Bonchev–Trinajstić information content (AvgIpc) is 3.08. The van der Waals surface area contributed by atoms with Crippen LogP contribution in [0, 0.1) is 0 Å². The average molecular weight is 419 g/mol.